The van der Waals surface area contributed by atoms with Crippen molar-refractivity contribution in [1.29, 1.82) is 0 Å². The molecule has 2 nitrogen and oxygen atoms in total. The molecule has 2 rings (SSSR count). The molecule has 2 aromatic rings. The molecule has 0 saturated carbocycles. The van der Waals surface area contributed by atoms with Crippen molar-refractivity contribution in [3.63, 3.8) is 0 Å². The summed E-state index contributed by atoms with van der Waals surface area (Å²) in [4.78, 5) is 0. The van der Waals surface area contributed by atoms with Crippen LogP contribution in [0.2, 0.25) is 10.0 Å². The molecular weight excluding hydrogens is 312 g/mol. The summed E-state index contributed by atoms with van der Waals surface area (Å²) in [5.74, 6) is 0.166. The molecule has 0 aromatic heterocycles. The van der Waals surface area contributed by atoms with Gasteiger partial charge in [-0.05, 0) is 30.3 Å². The van der Waals surface area contributed by atoms with Gasteiger partial charge in [0.2, 0.25) is 0 Å². The van der Waals surface area contributed by atoms with Gasteiger partial charge in [-0.15, -0.1) is 0 Å². The third-order valence-electron chi connectivity index (χ3n) is 3.21. The van der Waals surface area contributed by atoms with Gasteiger partial charge in [-0.1, -0.05) is 48.3 Å². The van der Waals surface area contributed by atoms with Crippen molar-refractivity contribution in [1.82, 2.24) is 5.32 Å². The zero-order valence-corrected chi connectivity index (χ0v) is 13.3. The van der Waals surface area contributed by atoms with Crippen LogP contribution in [0.1, 0.15) is 24.1 Å². The lowest BCUT2D eigenvalue weighted by Crippen LogP contribution is -2.23. The van der Waals surface area contributed by atoms with Crippen molar-refractivity contribution >= 4 is 23.2 Å². The van der Waals surface area contributed by atoms with Gasteiger partial charge in [0.25, 0.3) is 0 Å². The molecule has 0 aliphatic heterocycles. The molecule has 1 N–H and O–H groups in total. The fourth-order valence-corrected chi connectivity index (χ4v) is 2.67. The Morgan fingerprint density at radius 1 is 1.19 bits per heavy atom. The maximum Gasteiger partial charge on any atom is 0.146 e. The molecule has 5 heteroatoms. The van der Waals surface area contributed by atoms with Crippen LogP contribution in [0.15, 0.2) is 36.4 Å². The van der Waals surface area contributed by atoms with Crippen LogP contribution in [0.4, 0.5) is 4.39 Å². The minimum Gasteiger partial charge on any atom is -0.495 e. The Balaban J connectivity index is 2.48. The van der Waals surface area contributed by atoms with E-state index in [9.17, 15) is 4.39 Å². The van der Waals surface area contributed by atoms with Gasteiger partial charge in [0.1, 0.15) is 11.6 Å². The van der Waals surface area contributed by atoms with Crippen LogP contribution in [-0.4, -0.2) is 13.7 Å². The van der Waals surface area contributed by atoms with Crippen LogP contribution < -0.4 is 10.1 Å². The van der Waals surface area contributed by atoms with E-state index in [1.54, 1.807) is 31.4 Å². The quantitative estimate of drug-likeness (QED) is 0.848. The molecular formula is C16H16Cl2FNO. The van der Waals surface area contributed by atoms with E-state index >= 15 is 0 Å². The number of ether oxygens (including phenoxy) is 1. The number of halogens is 3. The molecule has 0 aliphatic carbocycles. The summed E-state index contributed by atoms with van der Waals surface area (Å²) in [5.41, 5.74) is 1.34. The van der Waals surface area contributed by atoms with E-state index in [4.69, 9.17) is 27.9 Å². The van der Waals surface area contributed by atoms with Crippen LogP contribution in [0.5, 0.6) is 5.75 Å². The molecule has 112 valence electrons. The molecule has 1 atom stereocenters. The van der Waals surface area contributed by atoms with Gasteiger partial charge in [0, 0.05) is 5.56 Å². The third kappa shape index (κ3) is 3.49. The molecule has 0 aliphatic rings. The van der Waals surface area contributed by atoms with Gasteiger partial charge < -0.3 is 10.1 Å². The predicted octanol–water partition coefficient (Wildman–Crippen LogP) is 4.84. The Morgan fingerprint density at radius 2 is 1.95 bits per heavy atom. The first-order valence-corrected chi connectivity index (χ1v) is 7.34. The Bertz CT molecular complexity index is 634. The van der Waals surface area contributed by atoms with E-state index in [-0.39, 0.29) is 11.1 Å². The van der Waals surface area contributed by atoms with Gasteiger partial charge in [-0.25, -0.2) is 4.39 Å². The van der Waals surface area contributed by atoms with Gasteiger partial charge >= 0.3 is 0 Å². The number of benzene rings is 2. The molecule has 2 aromatic carbocycles. The standard InChI is InChI=1S/C16H16Cl2FNO/c1-3-20-16(11-5-4-6-12(17)15(11)19)10-7-8-14(21-2)13(18)9-10/h4-9,16,20H,3H2,1-2H3. The summed E-state index contributed by atoms with van der Waals surface area (Å²) in [6.07, 6.45) is 0. The van der Waals surface area contributed by atoms with E-state index in [0.29, 0.717) is 22.9 Å². The van der Waals surface area contributed by atoms with Crippen molar-refractivity contribution < 1.29 is 9.13 Å². The van der Waals surface area contributed by atoms with E-state index in [2.05, 4.69) is 5.32 Å². The van der Waals surface area contributed by atoms with Gasteiger partial charge in [-0.3, -0.25) is 0 Å². The highest BCUT2D eigenvalue weighted by atomic mass is 35.5. The zero-order chi connectivity index (χ0) is 15.4. The van der Waals surface area contributed by atoms with Gasteiger partial charge in [-0.2, -0.15) is 0 Å². The molecule has 0 fully saturated rings. The molecule has 0 amide bonds. The van der Waals surface area contributed by atoms with E-state index in [1.165, 1.54) is 6.07 Å². The van der Waals surface area contributed by atoms with Crippen LogP contribution in [0, 0.1) is 5.82 Å². The van der Waals surface area contributed by atoms with E-state index < -0.39 is 5.82 Å². The lowest BCUT2D eigenvalue weighted by atomic mass is 9.98. The Labute approximate surface area is 133 Å². The molecule has 0 bridgehead atoms. The second-order valence-electron chi connectivity index (χ2n) is 4.53. The van der Waals surface area contributed by atoms with Gasteiger partial charge in [0.15, 0.2) is 0 Å². The molecule has 0 saturated heterocycles. The smallest absolute Gasteiger partial charge is 0.146 e. The molecule has 21 heavy (non-hydrogen) atoms. The number of hydrogen-bond acceptors (Lipinski definition) is 2. The Morgan fingerprint density at radius 3 is 2.57 bits per heavy atom. The monoisotopic (exact) mass is 327 g/mol. The topological polar surface area (TPSA) is 21.3 Å². The first kappa shape index (κ1) is 16.1. The highest BCUT2D eigenvalue weighted by Crippen LogP contribution is 2.32. The summed E-state index contributed by atoms with van der Waals surface area (Å²) >= 11 is 12.0. The van der Waals surface area contributed by atoms with Crippen molar-refractivity contribution in [2.24, 2.45) is 0 Å². The lowest BCUT2D eigenvalue weighted by Gasteiger charge is -2.20. The average Bonchev–Trinajstić information content (AvgIpc) is 2.48. The fraction of sp³-hybridized carbons (Fsp3) is 0.250. The highest BCUT2D eigenvalue weighted by Gasteiger charge is 2.19. The summed E-state index contributed by atoms with van der Waals surface area (Å²) < 4.78 is 19.4. The van der Waals surface area contributed by atoms with Crippen LogP contribution in [0.3, 0.4) is 0 Å². The summed E-state index contributed by atoms with van der Waals surface area (Å²) in [5, 5.41) is 3.84. The summed E-state index contributed by atoms with van der Waals surface area (Å²) in [6.45, 7) is 2.64. The predicted molar refractivity (Wildman–Crippen MR) is 84.9 cm³/mol. The van der Waals surface area contributed by atoms with Crippen molar-refractivity contribution in [2.75, 3.05) is 13.7 Å². The largest absolute Gasteiger partial charge is 0.495 e. The fourth-order valence-electron chi connectivity index (χ4n) is 2.22. The molecule has 0 heterocycles. The maximum atomic E-state index is 14.3. The normalized spacial score (nSPS) is 12.2. The minimum atomic E-state index is -0.419. The Kier molecular flexibility index (Phi) is 5.45. The average molecular weight is 328 g/mol. The second kappa shape index (κ2) is 7.12. The minimum absolute atomic E-state index is 0.106. The SMILES string of the molecule is CCNC(c1ccc(OC)c(Cl)c1)c1cccc(Cl)c1F. The zero-order valence-electron chi connectivity index (χ0n) is 11.8. The molecule has 0 spiro atoms. The second-order valence-corrected chi connectivity index (χ2v) is 5.34. The Hall–Kier alpha value is -1.29. The summed E-state index contributed by atoms with van der Waals surface area (Å²) in [6, 6.07) is 10.1. The van der Waals surface area contributed by atoms with E-state index in [1.807, 2.05) is 13.0 Å². The van der Waals surface area contributed by atoms with Gasteiger partial charge in [0.05, 0.1) is 23.2 Å². The number of methoxy groups -OCH3 is 1. The highest BCUT2D eigenvalue weighted by molar-refractivity contribution is 6.32. The van der Waals surface area contributed by atoms with Crippen molar-refractivity contribution in [3.05, 3.63) is 63.4 Å². The van der Waals surface area contributed by atoms with Crippen LogP contribution in [-0.2, 0) is 0 Å². The first-order valence-electron chi connectivity index (χ1n) is 6.59. The lowest BCUT2D eigenvalue weighted by molar-refractivity contribution is 0.414. The van der Waals surface area contributed by atoms with Crippen LogP contribution in [0.25, 0.3) is 0 Å². The number of rotatable bonds is 5. The molecule has 1 unspecified atom stereocenters. The van der Waals surface area contributed by atoms with Crippen LogP contribution >= 0.6 is 23.2 Å². The molecule has 0 radical (unpaired) electrons. The number of hydrogen-bond donors (Lipinski definition) is 1. The summed E-state index contributed by atoms with van der Waals surface area (Å²) in [7, 11) is 1.55. The third-order valence-corrected chi connectivity index (χ3v) is 3.80. The van der Waals surface area contributed by atoms with Crippen molar-refractivity contribution in [3.8, 4) is 5.75 Å². The van der Waals surface area contributed by atoms with Crippen molar-refractivity contribution in [2.45, 2.75) is 13.0 Å². The first-order chi connectivity index (χ1) is 10.1. The maximum absolute atomic E-state index is 14.3. The number of nitrogens with one attached hydrogen (secondary N) is 1. The van der Waals surface area contributed by atoms with E-state index in [0.717, 1.165) is 5.56 Å².